The maximum Gasteiger partial charge on any atom is 0.249 e. The van der Waals surface area contributed by atoms with Gasteiger partial charge in [0.25, 0.3) is 0 Å². The number of hydrogen-bond acceptors (Lipinski definition) is 7. The number of carbonyl (C=O) groups is 1. The van der Waals surface area contributed by atoms with Crippen LogP contribution in [0, 0.1) is 0 Å². The van der Waals surface area contributed by atoms with Crippen LogP contribution in [0.5, 0.6) is 0 Å². The highest BCUT2D eigenvalue weighted by Gasteiger charge is 2.16. The van der Waals surface area contributed by atoms with E-state index in [1.807, 2.05) is 18.2 Å². The molecule has 12 heteroatoms. The van der Waals surface area contributed by atoms with Gasteiger partial charge >= 0.3 is 0 Å². The van der Waals surface area contributed by atoms with Crippen LogP contribution in [-0.4, -0.2) is 72.0 Å². The average Bonchev–Trinajstić information content (AvgIpc) is 3.17. The molecular weight excluding hydrogens is 526 g/mol. The molecule has 0 unspecified atom stereocenters. The predicted molar refractivity (Wildman–Crippen MR) is 145 cm³/mol. The van der Waals surface area contributed by atoms with Crippen LogP contribution in [-0.2, 0) is 0 Å². The molecule has 7 nitrogen and oxygen atoms in total. The van der Waals surface area contributed by atoms with Crippen molar-refractivity contribution in [2.24, 2.45) is 5.73 Å². The van der Waals surface area contributed by atoms with Crippen molar-refractivity contribution in [1.29, 1.82) is 0 Å². The van der Waals surface area contributed by atoms with Gasteiger partial charge < -0.3 is 20.9 Å². The highest BCUT2D eigenvalue weighted by atomic mass is 35.5. The fourth-order valence-electron chi connectivity index (χ4n) is 3.59. The van der Waals surface area contributed by atoms with Crippen molar-refractivity contribution < 1.29 is 4.79 Å². The Bertz CT molecular complexity index is 1060. The van der Waals surface area contributed by atoms with E-state index in [9.17, 15) is 4.79 Å². The van der Waals surface area contributed by atoms with Crippen LogP contribution < -0.4 is 11.1 Å². The van der Waals surface area contributed by atoms with Crippen molar-refractivity contribution in [2.45, 2.75) is 6.42 Å². The van der Waals surface area contributed by atoms with Crippen LogP contribution in [0.25, 0.3) is 20.7 Å². The summed E-state index contributed by atoms with van der Waals surface area (Å²) in [4.78, 5) is 26.4. The quantitative estimate of drug-likeness (QED) is 0.421. The van der Waals surface area contributed by atoms with Crippen LogP contribution in [0.1, 0.15) is 16.8 Å². The molecule has 1 amide bonds. The summed E-state index contributed by atoms with van der Waals surface area (Å²) < 4.78 is 0.970. The van der Waals surface area contributed by atoms with Gasteiger partial charge in [0.2, 0.25) is 11.9 Å². The molecule has 0 atom stereocenters. The van der Waals surface area contributed by atoms with Gasteiger partial charge in [-0.05, 0) is 38.2 Å². The summed E-state index contributed by atoms with van der Waals surface area (Å²) in [7, 11) is 2.17. The van der Waals surface area contributed by atoms with E-state index >= 15 is 0 Å². The smallest absolute Gasteiger partial charge is 0.249 e. The Morgan fingerprint density at radius 1 is 1.21 bits per heavy atom. The number of nitrogens with zero attached hydrogens (tertiary/aromatic N) is 4. The van der Waals surface area contributed by atoms with E-state index in [0.29, 0.717) is 22.2 Å². The largest absolute Gasteiger partial charge is 0.366 e. The first kappa shape index (κ1) is 29.6. The molecule has 1 aliphatic heterocycles. The fourth-order valence-corrected chi connectivity index (χ4v) is 4.93. The Balaban J connectivity index is 0.00000181. The van der Waals surface area contributed by atoms with Gasteiger partial charge in [-0.1, -0.05) is 17.7 Å². The molecule has 3 heterocycles. The molecule has 0 radical (unpaired) electrons. The third-order valence-electron chi connectivity index (χ3n) is 5.33. The molecular formula is C21H28Cl4N6OS. The molecule has 1 saturated heterocycles. The number of nitrogens with one attached hydrogen (secondary N) is 1. The Morgan fingerprint density at radius 3 is 2.64 bits per heavy atom. The molecule has 3 aromatic rings. The zero-order valence-corrected chi connectivity index (χ0v) is 22.1. The summed E-state index contributed by atoms with van der Waals surface area (Å²) in [6, 6.07) is 7.45. The first-order chi connectivity index (χ1) is 14.5. The van der Waals surface area contributed by atoms with Gasteiger partial charge in [0.05, 0.1) is 16.1 Å². The minimum Gasteiger partial charge on any atom is -0.366 e. The van der Waals surface area contributed by atoms with Crippen LogP contribution >= 0.6 is 60.2 Å². The number of fused-ring (bicyclic) bond motifs is 1. The number of carbonyl (C=O) groups excluding carboxylic acids is 1. The van der Waals surface area contributed by atoms with Gasteiger partial charge in [-0.25, -0.2) is 9.97 Å². The van der Waals surface area contributed by atoms with E-state index in [1.165, 1.54) is 11.3 Å². The van der Waals surface area contributed by atoms with Crippen molar-refractivity contribution >= 4 is 82.1 Å². The maximum absolute atomic E-state index is 11.7. The Hall–Kier alpha value is -1.39. The van der Waals surface area contributed by atoms with E-state index in [0.717, 1.165) is 60.7 Å². The van der Waals surface area contributed by atoms with Gasteiger partial charge in [0.15, 0.2) is 0 Å². The van der Waals surface area contributed by atoms with Gasteiger partial charge in [0.1, 0.15) is 5.69 Å². The number of nitrogens with two attached hydrogens (primary N) is 1. The number of likely N-dealkylation sites (N-methyl/N-ethyl adjacent to an activating group) is 1. The molecule has 1 aliphatic rings. The summed E-state index contributed by atoms with van der Waals surface area (Å²) in [5.41, 5.74) is 6.67. The minimum atomic E-state index is -0.443. The first-order valence-corrected chi connectivity index (χ1v) is 11.2. The Kier molecular flexibility index (Phi) is 12.1. The Morgan fingerprint density at radius 2 is 1.94 bits per heavy atom. The molecule has 3 N–H and O–H groups in total. The molecule has 1 fully saturated rings. The SMILES string of the molecule is CN1CCN(CCCNc2ncc(Cl)c(-c3cc4c(C(N)=O)cccc4s3)n2)CC1.Cl.Cl.Cl. The van der Waals surface area contributed by atoms with E-state index in [-0.39, 0.29) is 37.2 Å². The monoisotopic (exact) mass is 552 g/mol. The first-order valence-electron chi connectivity index (χ1n) is 10.0. The molecule has 0 aliphatic carbocycles. The molecule has 4 rings (SSSR count). The zero-order valence-electron chi connectivity index (χ0n) is 18.1. The second-order valence-corrected chi connectivity index (χ2v) is 9.00. The number of amides is 1. The lowest BCUT2D eigenvalue weighted by Gasteiger charge is -2.32. The second kappa shape index (κ2) is 13.5. The zero-order chi connectivity index (χ0) is 21.1. The lowest BCUT2D eigenvalue weighted by atomic mass is 10.1. The molecule has 0 saturated carbocycles. The molecule has 0 bridgehead atoms. The number of piperazine rings is 1. The number of aromatic nitrogens is 2. The van der Waals surface area contributed by atoms with Crippen molar-refractivity contribution in [3.8, 4) is 10.6 Å². The van der Waals surface area contributed by atoms with Gasteiger partial charge in [0, 0.05) is 48.4 Å². The number of rotatable bonds is 7. The highest BCUT2D eigenvalue weighted by molar-refractivity contribution is 7.22. The number of anilines is 1. The molecule has 1 aromatic carbocycles. The van der Waals surface area contributed by atoms with Gasteiger partial charge in [-0.2, -0.15) is 0 Å². The van der Waals surface area contributed by atoms with Crippen LogP contribution in [0.4, 0.5) is 5.95 Å². The Labute approximate surface area is 221 Å². The van der Waals surface area contributed by atoms with E-state index in [4.69, 9.17) is 17.3 Å². The third kappa shape index (κ3) is 7.29. The topological polar surface area (TPSA) is 87.4 Å². The average molecular weight is 554 g/mol. The van der Waals surface area contributed by atoms with E-state index in [2.05, 4.69) is 32.1 Å². The normalized spacial score (nSPS) is 14.1. The summed E-state index contributed by atoms with van der Waals surface area (Å²) in [5, 5.41) is 4.60. The number of hydrogen-bond donors (Lipinski definition) is 2. The van der Waals surface area contributed by atoms with E-state index < -0.39 is 5.91 Å². The van der Waals surface area contributed by atoms with Gasteiger partial charge in [-0.3, -0.25) is 4.79 Å². The van der Waals surface area contributed by atoms with E-state index in [1.54, 1.807) is 12.3 Å². The highest BCUT2D eigenvalue weighted by Crippen LogP contribution is 2.37. The summed E-state index contributed by atoms with van der Waals surface area (Å²) in [6.45, 7) is 6.36. The molecule has 2 aromatic heterocycles. The standard InChI is InChI=1S/C21H25ClN6OS.3ClH/c1-27-8-10-28(11-9-27)7-3-6-24-21-25-13-16(22)19(26-21)18-12-15-14(20(23)29)4-2-5-17(15)30-18;;;/h2,4-5,12-13H,3,6-11H2,1H3,(H2,23,29)(H,24,25,26);3*1H. The van der Waals surface area contributed by atoms with Crippen LogP contribution in [0.3, 0.4) is 0 Å². The van der Waals surface area contributed by atoms with Crippen molar-refractivity contribution in [3.05, 3.63) is 41.0 Å². The predicted octanol–water partition coefficient (Wildman–Crippen LogP) is 4.43. The lowest BCUT2D eigenvalue weighted by Crippen LogP contribution is -2.44. The summed E-state index contributed by atoms with van der Waals surface area (Å²) >= 11 is 7.92. The van der Waals surface area contributed by atoms with Crippen molar-refractivity contribution in [1.82, 2.24) is 19.8 Å². The molecule has 33 heavy (non-hydrogen) atoms. The van der Waals surface area contributed by atoms with Crippen LogP contribution in [0.15, 0.2) is 30.5 Å². The number of benzene rings is 1. The number of primary amides is 1. The number of thiophene rings is 1. The molecule has 0 spiro atoms. The maximum atomic E-state index is 11.7. The van der Waals surface area contributed by atoms with Crippen LogP contribution in [0.2, 0.25) is 5.02 Å². The van der Waals surface area contributed by atoms with Gasteiger partial charge in [-0.15, -0.1) is 48.6 Å². The summed E-state index contributed by atoms with van der Waals surface area (Å²) in [5.74, 6) is 0.113. The second-order valence-electron chi connectivity index (χ2n) is 7.51. The third-order valence-corrected chi connectivity index (χ3v) is 6.72. The van der Waals surface area contributed by atoms with Crippen molar-refractivity contribution in [3.63, 3.8) is 0 Å². The molecule has 182 valence electrons. The minimum absolute atomic E-state index is 0. The fraction of sp³-hybridized carbons (Fsp3) is 0.381. The summed E-state index contributed by atoms with van der Waals surface area (Å²) in [6.07, 6.45) is 2.64. The number of halogens is 4. The lowest BCUT2D eigenvalue weighted by molar-refractivity contribution is 0.100. The van der Waals surface area contributed by atoms with Crippen molar-refractivity contribution in [2.75, 3.05) is 51.6 Å².